The summed E-state index contributed by atoms with van der Waals surface area (Å²) >= 11 is 0. The number of aryl methyl sites for hydroxylation is 1. The van der Waals surface area contributed by atoms with Crippen LogP contribution in [0.25, 0.3) is 11.1 Å². The van der Waals surface area contributed by atoms with Gasteiger partial charge >= 0.3 is 0 Å². The lowest BCUT2D eigenvalue weighted by atomic mass is 10.1. The number of benzene rings is 1. The molecule has 1 aromatic carbocycles. The topological polar surface area (TPSA) is 69.1 Å². The number of carbonyl (C=O) groups excluding carboxylic acids is 1. The summed E-state index contributed by atoms with van der Waals surface area (Å²) in [6.07, 6.45) is 1.55. The summed E-state index contributed by atoms with van der Waals surface area (Å²) in [5.74, 6) is 0.640. The molecular weight excluding hydrogens is 204 g/mol. The fourth-order valence-corrected chi connectivity index (χ4v) is 1.63. The van der Waals surface area contributed by atoms with Crippen molar-refractivity contribution < 1.29 is 9.21 Å². The van der Waals surface area contributed by atoms with E-state index in [1.165, 1.54) is 6.92 Å². The van der Waals surface area contributed by atoms with E-state index >= 15 is 0 Å². The Bertz CT molecular complexity index is 517. The first-order valence-corrected chi connectivity index (χ1v) is 5.32. The average Bonchev–Trinajstić information content (AvgIpc) is 2.68. The Morgan fingerprint density at radius 3 is 3.00 bits per heavy atom. The number of para-hydroxylation sites is 1. The highest BCUT2D eigenvalue weighted by atomic mass is 16.3. The van der Waals surface area contributed by atoms with Gasteiger partial charge in [0, 0.05) is 6.42 Å². The zero-order valence-corrected chi connectivity index (χ0v) is 9.19. The van der Waals surface area contributed by atoms with Crippen LogP contribution in [0.4, 0.5) is 0 Å². The van der Waals surface area contributed by atoms with Crippen molar-refractivity contribution in [3.8, 4) is 0 Å². The van der Waals surface area contributed by atoms with Crippen LogP contribution in [0.1, 0.15) is 29.6 Å². The Hall–Kier alpha value is -1.68. The summed E-state index contributed by atoms with van der Waals surface area (Å²) in [5, 5.41) is 0. The summed E-state index contributed by atoms with van der Waals surface area (Å²) in [7, 11) is 0. The van der Waals surface area contributed by atoms with Gasteiger partial charge in [-0.15, -0.1) is 0 Å². The number of nitrogens with zero attached hydrogens (tertiary/aromatic N) is 1. The SMILES string of the molecule is CC(=O)c1cccc2nc(CCCN)oc12. The largest absolute Gasteiger partial charge is 0.440 e. The third-order valence-corrected chi connectivity index (χ3v) is 2.43. The molecule has 84 valence electrons. The third kappa shape index (κ3) is 1.97. The van der Waals surface area contributed by atoms with Gasteiger partial charge in [0.2, 0.25) is 0 Å². The quantitative estimate of drug-likeness (QED) is 0.796. The highest BCUT2D eigenvalue weighted by Crippen LogP contribution is 2.21. The zero-order valence-electron chi connectivity index (χ0n) is 9.19. The molecule has 0 saturated heterocycles. The molecule has 2 aromatic rings. The van der Waals surface area contributed by atoms with E-state index in [0.29, 0.717) is 30.0 Å². The van der Waals surface area contributed by atoms with Gasteiger partial charge in [0.1, 0.15) is 5.52 Å². The van der Waals surface area contributed by atoms with Crippen LogP contribution in [-0.2, 0) is 6.42 Å². The first-order chi connectivity index (χ1) is 7.72. The monoisotopic (exact) mass is 218 g/mol. The number of nitrogens with two attached hydrogens (primary N) is 1. The molecule has 0 amide bonds. The van der Waals surface area contributed by atoms with Gasteiger partial charge in [0.05, 0.1) is 5.56 Å². The van der Waals surface area contributed by atoms with Crippen molar-refractivity contribution in [2.24, 2.45) is 5.73 Å². The number of oxazole rings is 1. The first kappa shape index (κ1) is 10.8. The molecular formula is C12H14N2O2. The molecule has 1 heterocycles. The molecule has 0 atom stereocenters. The lowest BCUT2D eigenvalue weighted by Crippen LogP contribution is -2.00. The average molecular weight is 218 g/mol. The molecule has 4 nitrogen and oxygen atoms in total. The number of rotatable bonds is 4. The van der Waals surface area contributed by atoms with E-state index in [1.54, 1.807) is 6.07 Å². The van der Waals surface area contributed by atoms with Crippen molar-refractivity contribution in [1.29, 1.82) is 0 Å². The molecule has 0 aliphatic heterocycles. The van der Waals surface area contributed by atoms with Crippen molar-refractivity contribution in [3.05, 3.63) is 29.7 Å². The predicted molar refractivity (Wildman–Crippen MR) is 61.4 cm³/mol. The van der Waals surface area contributed by atoms with Gasteiger partial charge < -0.3 is 10.2 Å². The molecule has 0 aliphatic rings. The van der Waals surface area contributed by atoms with E-state index in [9.17, 15) is 4.79 Å². The zero-order chi connectivity index (χ0) is 11.5. The number of fused-ring (bicyclic) bond motifs is 1. The Morgan fingerprint density at radius 2 is 2.31 bits per heavy atom. The second-order valence-electron chi connectivity index (χ2n) is 3.71. The van der Waals surface area contributed by atoms with Crippen LogP contribution in [-0.4, -0.2) is 17.3 Å². The van der Waals surface area contributed by atoms with Gasteiger partial charge in [-0.25, -0.2) is 4.98 Å². The lowest BCUT2D eigenvalue weighted by molar-refractivity contribution is 0.101. The number of carbonyl (C=O) groups is 1. The van der Waals surface area contributed by atoms with Crippen molar-refractivity contribution in [2.75, 3.05) is 6.54 Å². The molecule has 2 N–H and O–H groups in total. The molecule has 0 saturated carbocycles. The van der Waals surface area contributed by atoms with E-state index in [1.807, 2.05) is 12.1 Å². The van der Waals surface area contributed by atoms with E-state index in [0.717, 1.165) is 11.9 Å². The van der Waals surface area contributed by atoms with Crippen molar-refractivity contribution in [2.45, 2.75) is 19.8 Å². The van der Waals surface area contributed by atoms with Crippen molar-refractivity contribution in [3.63, 3.8) is 0 Å². The van der Waals surface area contributed by atoms with Gasteiger partial charge in [-0.1, -0.05) is 6.07 Å². The first-order valence-electron chi connectivity index (χ1n) is 5.32. The number of aromatic nitrogens is 1. The maximum absolute atomic E-state index is 11.4. The van der Waals surface area contributed by atoms with Crippen LogP contribution in [0.3, 0.4) is 0 Å². The van der Waals surface area contributed by atoms with Gasteiger partial charge in [0.15, 0.2) is 17.3 Å². The normalized spacial score (nSPS) is 10.9. The number of Topliss-reactive ketones (excluding diaryl/α,β-unsaturated/α-hetero) is 1. The molecule has 16 heavy (non-hydrogen) atoms. The molecule has 4 heteroatoms. The molecule has 0 radical (unpaired) electrons. The molecule has 0 bridgehead atoms. The van der Waals surface area contributed by atoms with E-state index in [4.69, 9.17) is 10.2 Å². The number of hydrogen-bond acceptors (Lipinski definition) is 4. The summed E-state index contributed by atoms with van der Waals surface area (Å²) in [6, 6.07) is 5.41. The minimum atomic E-state index is -0.00729. The van der Waals surface area contributed by atoms with Gasteiger partial charge in [-0.2, -0.15) is 0 Å². The Kier molecular flexibility index (Phi) is 3.01. The van der Waals surface area contributed by atoms with Crippen LogP contribution >= 0.6 is 0 Å². The summed E-state index contributed by atoms with van der Waals surface area (Å²) in [4.78, 5) is 15.7. The third-order valence-electron chi connectivity index (χ3n) is 2.43. The minimum Gasteiger partial charge on any atom is -0.440 e. The van der Waals surface area contributed by atoms with Crippen LogP contribution < -0.4 is 5.73 Å². The van der Waals surface area contributed by atoms with Gasteiger partial charge in [0.25, 0.3) is 0 Å². The van der Waals surface area contributed by atoms with Crippen molar-refractivity contribution in [1.82, 2.24) is 4.98 Å². The standard InChI is InChI=1S/C12H14N2O2/c1-8(15)9-4-2-5-10-12(9)16-11(14-10)6-3-7-13/h2,4-5H,3,6-7,13H2,1H3. The van der Waals surface area contributed by atoms with E-state index in [2.05, 4.69) is 4.98 Å². The summed E-state index contributed by atoms with van der Waals surface area (Å²) in [5.41, 5.74) is 7.33. The van der Waals surface area contributed by atoms with Gasteiger partial charge in [-0.05, 0) is 32.0 Å². The fraction of sp³-hybridized carbons (Fsp3) is 0.333. The lowest BCUT2D eigenvalue weighted by Gasteiger charge is -1.94. The highest BCUT2D eigenvalue weighted by molar-refractivity contribution is 6.03. The van der Waals surface area contributed by atoms with E-state index < -0.39 is 0 Å². The predicted octanol–water partition coefficient (Wildman–Crippen LogP) is 1.92. The van der Waals surface area contributed by atoms with Gasteiger partial charge in [-0.3, -0.25) is 4.79 Å². The second kappa shape index (κ2) is 4.45. The molecule has 0 unspecified atom stereocenters. The van der Waals surface area contributed by atoms with E-state index in [-0.39, 0.29) is 5.78 Å². The Labute approximate surface area is 93.5 Å². The van der Waals surface area contributed by atoms with Crippen LogP contribution in [0.5, 0.6) is 0 Å². The van der Waals surface area contributed by atoms with Crippen LogP contribution in [0.15, 0.2) is 22.6 Å². The van der Waals surface area contributed by atoms with Crippen molar-refractivity contribution >= 4 is 16.9 Å². The maximum Gasteiger partial charge on any atom is 0.195 e. The summed E-state index contributed by atoms with van der Waals surface area (Å²) < 4.78 is 5.58. The highest BCUT2D eigenvalue weighted by Gasteiger charge is 2.11. The second-order valence-corrected chi connectivity index (χ2v) is 3.71. The molecule has 0 aliphatic carbocycles. The number of ketones is 1. The molecule has 0 fully saturated rings. The fourth-order valence-electron chi connectivity index (χ4n) is 1.63. The minimum absolute atomic E-state index is 0.00729. The molecule has 2 rings (SSSR count). The maximum atomic E-state index is 11.4. The Morgan fingerprint density at radius 1 is 1.50 bits per heavy atom. The van der Waals surface area contributed by atoms with Crippen LogP contribution in [0, 0.1) is 0 Å². The van der Waals surface area contributed by atoms with Crippen LogP contribution in [0.2, 0.25) is 0 Å². The number of hydrogen-bond donors (Lipinski definition) is 1. The smallest absolute Gasteiger partial charge is 0.195 e. The Balaban J connectivity index is 2.44. The molecule has 1 aromatic heterocycles. The summed E-state index contributed by atoms with van der Waals surface area (Å²) in [6.45, 7) is 2.13. The molecule has 0 spiro atoms.